The minimum absolute atomic E-state index is 0.259. The van der Waals surface area contributed by atoms with Gasteiger partial charge in [-0.25, -0.2) is 0 Å². The van der Waals surface area contributed by atoms with Crippen LogP contribution < -0.4 is 14.8 Å². The second-order valence-electron chi connectivity index (χ2n) is 4.15. The quantitative estimate of drug-likeness (QED) is 0.869. The predicted octanol–water partition coefficient (Wildman–Crippen LogP) is 4.37. The minimum Gasteiger partial charge on any atom is -0.497 e. The molecule has 0 aliphatic heterocycles. The lowest BCUT2D eigenvalue weighted by molar-refractivity contribution is 0.102. The van der Waals surface area contributed by atoms with Crippen molar-refractivity contribution in [1.29, 1.82) is 0 Å². The summed E-state index contributed by atoms with van der Waals surface area (Å²) in [5.74, 6) is 0.848. The van der Waals surface area contributed by atoms with Gasteiger partial charge in [0.05, 0.1) is 24.8 Å². The lowest BCUT2D eigenvalue weighted by atomic mass is 10.2. The zero-order chi connectivity index (χ0) is 15.4. The maximum Gasteiger partial charge on any atom is 0.256 e. The fraction of sp³-hybridized carbons (Fsp3) is 0.133. The van der Waals surface area contributed by atoms with Crippen LogP contribution in [-0.2, 0) is 0 Å². The average molecular weight is 371 g/mol. The first-order valence-corrected chi connectivity index (χ1v) is 7.20. The number of halogens is 2. The Hall–Kier alpha value is -1.72. The van der Waals surface area contributed by atoms with Crippen LogP contribution in [0.1, 0.15) is 10.4 Å². The number of nitrogens with one attached hydrogen (secondary N) is 1. The number of anilines is 1. The van der Waals surface area contributed by atoms with E-state index in [1.165, 1.54) is 7.11 Å². The van der Waals surface area contributed by atoms with Crippen LogP contribution in [0.2, 0.25) is 5.02 Å². The van der Waals surface area contributed by atoms with Crippen LogP contribution in [0.4, 0.5) is 5.69 Å². The maximum atomic E-state index is 12.3. The first-order chi connectivity index (χ1) is 10.0. The number of benzene rings is 2. The molecule has 2 aromatic rings. The Balaban J connectivity index is 2.25. The summed E-state index contributed by atoms with van der Waals surface area (Å²) in [6, 6.07) is 10.2. The van der Waals surface area contributed by atoms with E-state index in [-0.39, 0.29) is 5.91 Å². The summed E-state index contributed by atoms with van der Waals surface area (Å²) < 4.78 is 10.9. The van der Waals surface area contributed by atoms with E-state index < -0.39 is 0 Å². The second kappa shape index (κ2) is 6.83. The fourth-order valence-corrected chi connectivity index (χ4v) is 2.36. The molecule has 1 amide bonds. The van der Waals surface area contributed by atoms with Crippen molar-refractivity contribution in [3.63, 3.8) is 0 Å². The normalized spacial score (nSPS) is 10.1. The van der Waals surface area contributed by atoms with Crippen molar-refractivity contribution in [2.45, 2.75) is 0 Å². The van der Waals surface area contributed by atoms with Gasteiger partial charge in [0.2, 0.25) is 0 Å². The van der Waals surface area contributed by atoms with Crippen molar-refractivity contribution in [3.05, 3.63) is 51.5 Å². The third-order valence-corrected chi connectivity index (χ3v) is 3.83. The summed E-state index contributed by atoms with van der Waals surface area (Å²) in [7, 11) is 3.07. The topological polar surface area (TPSA) is 47.6 Å². The summed E-state index contributed by atoms with van der Waals surface area (Å²) >= 11 is 9.30. The van der Waals surface area contributed by atoms with Gasteiger partial charge in [0.25, 0.3) is 5.91 Å². The van der Waals surface area contributed by atoms with Crippen molar-refractivity contribution in [3.8, 4) is 11.5 Å². The molecule has 0 saturated carbocycles. The van der Waals surface area contributed by atoms with Crippen molar-refractivity contribution in [2.75, 3.05) is 19.5 Å². The molecule has 1 N–H and O–H groups in total. The van der Waals surface area contributed by atoms with E-state index >= 15 is 0 Å². The van der Waals surface area contributed by atoms with Crippen LogP contribution in [0.15, 0.2) is 40.9 Å². The van der Waals surface area contributed by atoms with Gasteiger partial charge in [-0.05, 0) is 46.3 Å². The number of hydrogen-bond acceptors (Lipinski definition) is 3. The van der Waals surface area contributed by atoms with Gasteiger partial charge in [-0.3, -0.25) is 4.79 Å². The molecule has 0 fully saturated rings. The van der Waals surface area contributed by atoms with Crippen LogP contribution in [0.3, 0.4) is 0 Å². The Bertz CT molecular complexity index is 676. The van der Waals surface area contributed by atoms with Crippen molar-refractivity contribution in [1.82, 2.24) is 0 Å². The van der Waals surface area contributed by atoms with E-state index in [9.17, 15) is 4.79 Å². The summed E-state index contributed by atoms with van der Waals surface area (Å²) in [6.07, 6.45) is 0. The average Bonchev–Trinajstić information content (AvgIpc) is 2.49. The lowest BCUT2D eigenvalue weighted by Gasteiger charge is -2.10. The van der Waals surface area contributed by atoms with Crippen LogP contribution in [0.25, 0.3) is 0 Å². The van der Waals surface area contributed by atoms with Crippen LogP contribution >= 0.6 is 27.5 Å². The zero-order valence-electron chi connectivity index (χ0n) is 11.4. The van der Waals surface area contributed by atoms with Gasteiger partial charge < -0.3 is 14.8 Å². The maximum absolute atomic E-state index is 12.3. The molecule has 0 aliphatic rings. The number of ether oxygens (including phenoxy) is 2. The van der Waals surface area contributed by atoms with Crippen LogP contribution in [0.5, 0.6) is 11.5 Å². The van der Waals surface area contributed by atoms with Crippen molar-refractivity contribution in [2.24, 2.45) is 0 Å². The summed E-state index contributed by atoms with van der Waals surface area (Å²) in [5, 5.41) is 3.27. The molecule has 0 bridgehead atoms. The summed E-state index contributed by atoms with van der Waals surface area (Å²) in [6.45, 7) is 0. The molecule has 4 nitrogen and oxygen atoms in total. The number of carbonyl (C=O) groups excluding carboxylic acids is 1. The smallest absolute Gasteiger partial charge is 0.256 e. The molecule has 0 heterocycles. The van der Waals surface area contributed by atoms with E-state index in [0.29, 0.717) is 32.2 Å². The number of carbonyl (C=O) groups is 1. The third-order valence-electron chi connectivity index (χ3n) is 2.83. The van der Waals surface area contributed by atoms with Crippen molar-refractivity contribution < 1.29 is 14.3 Å². The molecule has 0 aliphatic carbocycles. The van der Waals surface area contributed by atoms with E-state index in [1.807, 2.05) is 0 Å². The van der Waals surface area contributed by atoms with E-state index in [2.05, 4.69) is 21.2 Å². The monoisotopic (exact) mass is 369 g/mol. The molecule has 0 aromatic heterocycles. The van der Waals surface area contributed by atoms with Crippen LogP contribution in [-0.4, -0.2) is 20.1 Å². The largest absolute Gasteiger partial charge is 0.497 e. The minimum atomic E-state index is -0.259. The number of rotatable bonds is 4. The molecule has 0 atom stereocenters. The molecular formula is C15H13BrClNO3. The van der Waals surface area contributed by atoms with Gasteiger partial charge in [0, 0.05) is 16.2 Å². The van der Waals surface area contributed by atoms with Gasteiger partial charge in [0.15, 0.2) is 0 Å². The van der Waals surface area contributed by atoms with E-state index in [1.54, 1.807) is 43.5 Å². The standard InChI is InChI=1S/C15H13BrClNO3/c1-20-10-4-5-12(16)11(8-10)15(19)18-9-3-6-13(17)14(7-9)21-2/h3-8H,1-2H3,(H,18,19). The van der Waals surface area contributed by atoms with Gasteiger partial charge in [-0.1, -0.05) is 11.6 Å². The highest BCUT2D eigenvalue weighted by atomic mass is 79.9. The van der Waals surface area contributed by atoms with Crippen molar-refractivity contribution >= 4 is 39.1 Å². The summed E-state index contributed by atoms with van der Waals surface area (Å²) in [5.41, 5.74) is 1.07. The number of amides is 1. The fourth-order valence-electron chi connectivity index (χ4n) is 1.74. The second-order valence-corrected chi connectivity index (χ2v) is 5.41. The highest BCUT2D eigenvalue weighted by Crippen LogP contribution is 2.28. The molecule has 21 heavy (non-hydrogen) atoms. The molecule has 6 heteroatoms. The van der Waals surface area contributed by atoms with Crippen LogP contribution in [0, 0.1) is 0 Å². The third kappa shape index (κ3) is 3.68. The Morgan fingerprint density at radius 1 is 1.14 bits per heavy atom. The summed E-state index contributed by atoms with van der Waals surface area (Å²) in [4.78, 5) is 12.3. The van der Waals surface area contributed by atoms with E-state index in [0.717, 1.165) is 0 Å². The number of methoxy groups -OCH3 is 2. The Kier molecular flexibility index (Phi) is 5.09. The first kappa shape index (κ1) is 15.7. The molecule has 0 unspecified atom stereocenters. The van der Waals surface area contributed by atoms with E-state index in [4.69, 9.17) is 21.1 Å². The molecule has 110 valence electrons. The first-order valence-electron chi connectivity index (χ1n) is 6.03. The lowest BCUT2D eigenvalue weighted by Crippen LogP contribution is -2.12. The molecule has 0 radical (unpaired) electrons. The van der Waals surface area contributed by atoms with Gasteiger partial charge in [0.1, 0.15) is 11.5 Å². The van der Waals surface area contributed by atoms with Gasteiger partial charge in [-0.15, -0.1) is 0 Å². The Morgan fingerprint density at radius 2 is 1.90 bits per heavy atom. The molecule has 2 aromatic carbocycles. The molecule has 0 spiro atoms. The van der Waals surface area contributed by atoms with Gasteiger partial charge >= 0.3 is 0 Å². The Morgan fingerprint density at radius 3 is 2.57 bits per heavy atom. The highest BCUT2D eigenvalue weighted by molar-refractivity contribution is 9.10. The SMILES string of the molecule is COc1ccc(Br)c(C(=O)Nc2ccc(Cl)c(OC)c2)c1. The molecule has 0 saturated heterocycles. The number of hydrogen-bond donors (Lipinski definition) is 1. The molecule has 2 rings (SSSR count). The zero-order valence-corrected chi connectivity index (χ0v) is 13.8. The highest BCUT2D eigenvalue weighted by Gasteiger charge is 2.12. The predicted molar refractivity (Wildman–Crippen MR) is 86.7 cm³/mol. The Labute approximate surface area is 136 Å². The van der Waals surface area contributed by atoms with Gasteiger partial charge in [-0.2, -0.15) is 0 Å². The molecular weight excluding hydrogens is 358 g/mol.